The van der Waals surface area contributed by atoms with Gasteiger partial charge in [0.15, 0.2) is 5.96 Å². The number of hydrogen-bond acceptors (Lipinski definition) is 5. The monoisotopic (exact) mass is 439 g/mol. The molecule has 8 nitrogen and oxygen atoms in total. The summed E-state index contributed by atoms with van der Waals surface area (Å²) in [5.74, 6) is 0.373. The number of aromatic hydroxyl groups is 1. The van der Waals surface area contributed by atoms with Crippen molar-refractivity contribution in [2.75, 3.05) is 45.9 Å². The summed E-state index contributed by atoms with van der Waals surface area (Å²) in [4.78, 5) is 19.3. The predicted molar refractivity (Wildman–Crippen MR) is 126 cm³/mol. The average molecular weight is 440 g/mol. The minimum Gasteiger partial charge on any atom is -0.507 e. The Labute approximate surface area is 189 Å². The highest BCUT2D eigenvalue weighted by molar-refractivity contribution is 5.96. The van der Waals surface area contributed by atoms with E-state index in [4.69, 9.17) is 9.73 Å². The van der Waals surface area contributed by atoms with Gasteiger partial charge in [0.2, 0.25) is 0 Å². The maximum Gasteiger partial charge on any atom is 0.255 e. The molecule has 3 rings (SSSR count). The molecule has 2 aromatic carbocycles. The highest BCUT2D eigenvalue weighted by atomic mass is 16.5. The van der Waals surface area contributed by atoms with Crippen molar-refractivity contribution in [2.24, 2.45) is 4.99 Å². The van der Waals surface area contributed by atoms with Crippen LogP contribution in [-0.4, -0.2) is 67.8 Å². The molecule has 0 atom stereocenters. The van der Waals surface area contributed by atoms with Crippen LogP contribution in [0.5, 0.6) is 5.75 Å². The number of guanidine groups is 1. The van der Waals surface area contributed by atoms with E-state index in [0.717, 1.165) is 39.4 Å². The number of nitrogens with zero attached hydrogens (tertiary/aromatic N) is 2. The van der Waals surface area contributed by atoms with E-state index in [9.17, 15) is 9.90 Å². The van der Waals surface area contributed by atoms with Gasteiger partial charge in [0.25, 0.3) is 5.91 Å². The summed E-state index contributed by atoms with van der Waals surface area (Å²) in [5.41, 5.74) is 2.75. The number of benzene rings is 2. The van der Waals surface area contributed by atoms with Crippen molar-refractivity contribution in [1.29, 1.82) is 0 Å². The van der Waals surface area contributed by atoms with E-state index in [1.54, 1.807) is 18.2 Å². The summed E-state index contributed by atoms with van der Waals surface area (Å²) < 4.78 is 5.45. The first-order valence-electron chi connectivity index (χ1n) is 11.1. The van der Waals surface area contributed by atoms with E-state index in [1.165, 1.54) is 17.2 Å². The Bertz CT molecular complexity index is 897. The molecule has 1 fully saturated rings. The molecule has 8 heteroatoms. The van der Waals surface area contributed by atoms with Crippen LogP contribution < -0.4 is 16.0 Å². The normalized spacial score (nSPS) is 14.7. The molecule has 1 aliphatic heterocycles. The van der Waals surface area contributed by atoms with Crippen LogP contribution in [-0.2, 0) is 17.8 Å². The van der Waals surface area contributed by atoms with Crippen LogP contribution in [0.25, 0.3) is 0 Å². The van der Waals surface area contributed by atoms with Crippen LogP contribution in [0.2, 0.25) is 0 Å². The molecule has 2 aromatic rings. The Morgan fingerprint density at radius 2 is 1.69 bits per heavy atom. The average Bonchev–Trinajstić information content (AvgIpc) is 2.82. The van der Waals surface area contributed by atoms with Crippen molar-refractivity contribution in [2.45, 2.75) is 20.0 Å². The molecule has 0 saturated carbocycles. The summed E-state index contributed by atoms with van der Waals surface area (Å²) in [6, 6.07) is 14.9. The third-order valence-electron chi connectivity index (χ3n) is 5.22. The van der Waals surface area contributed by atoms with E-state index in [0.29, 0.717) is 25.6 Å². The molecule has 0 spiro atoms. The second-order valence-corrected chi connectivity index (χ2v) is 7.55. The number of hydrogen-bond donors (Lipinski definition) is 4. The van der Waals surface area contributed by atoms with Gasteiger partial charge in [0.05, 0.1) is 25.3 Å². The molecule has 1 saturated heterocycles. The van der Waals surface area contributed by atoms with E-state index in [1.807, 2.05) is 13.0 Å². The molecule has 1 aliphatic rings. The molecule has 0 radical (unpaired) electrons. The maximum atomic E-state index is 12.2. The second-order valence-electron chi connectivity index (χ2n) is 7.55. The fourth-order valence-corrected chi connectivity index (χ4v) is 3.49. The molecule has 0 aliphatic carbocycles. The van der Waals surface area contributed by atoms with Crippen LogP contribution in [0.15, 0.2) is 53.5 Å². The van der Waals surface area contributed by atoms with Gasteiger partial charge < -0.3 is 25.8 Å². The summed E-state index contributed by atoms with van der Waals surface area (Å²) >= 11 is 0. The molecule has 1 amide bonds. The van der Waals surface area contributed by atoms with Gasteiger partial charge in [0.1, 0.15) is 5.75 Å². The number of para-hydroxylation sites is 1. The van der Waals surface area contributed by atoms with Crippen LogP contribution >= 0.6 is 0 Å². The van der Waals surface area contributed by atoms with Gasteiger partial charge >= 0.3 is 0 Å². The number of carbonyl (C=O) groups excluding carboxylic acids is 1. The SMILES string of the molecule is CCNC(=NCc1ccccc1CN1CCOCC1)NCCNC(=O)c1ccccc1O. The number of phenols is 1. The lowest BCUT2D eigenvalue weighted by Gasteiger charge is -2.27. The van der Waals surface area contributed by atoms with Crippen LogP contribution in [0.4, 0.5) is 0 Å². The predicted octanol–water partition coefficient (Wildman–Crippen LogP) is 1.71. The van der Waals surface area contributed by atoms with Crippen molar-refractivity contribution in [1.82, 2.24) is 20.9 Å². The van der Waals surface area contributed by atoms with E-state index < -0.39 is 0 Å². The Morgan fingerprint density at radius 3 is 2.44 bits per heavy atom. The molecule has 0 bridgehead atoms. The van der Waals surface area contributed by atoms with Gasteiger partial charge in [-0.25, -0.2) is 4.99 Å². The number of carbonyl (C=O) groups is 1. The zero-order valence-electron chi connectivity index (χ0n) is 18.6. The maximum absolute atomic E-state index is 12.2. The van der Waals surface area contributed by atoms with Crippen LogP contribution in [0.3, 0.4) is 0 Å². The first kappa shape index (κ1) is 23.6. The van der Waals surface area contributed by atoms with Gasteiger partial charge in [-0.15, -0.1) is 0 Å². The summed E-state index contributed by atoms with van der Waals surface area (Å²) in [6.07, 6.45) is 0. The number of amides is 1. The second kappa shape index (κ2) is 12.7. The van der Waals surface area contributed by atoms with Crippen LogP contribution in [0.1, 0.15) is 28.4 Å². The summed E-state index contributed by atoms with van der Waals surface area (Å²) in [6.45, 7) is 8.63. The number of rotatable bonds is 9. The van der Waals surface area contributed by atoms with Crippen molar-refractivity contribution < 1.29 is 14.6 Å². The van der Waals surface area contributed by atoms with Crippen LogP contribution in [0, 0.1) is 0 Å². The fraction of sp³-hybridized carbons (Fsp3) is 0.417. The van der Waals surface area contributed by atoms with Crippen molar-refractivity contribution in [3.63, 3.8) is 0 Å². The largest absolute Gasteiger partial charge is 0.507 e. The van der Waals surface area contributed by atoms with Gasteiger partial charge in [-0.1, -0.05) is 36.4 Å². The summed E-state index contributed by atoms with van der Waals surface area (Å²) in [5, 5.41) is 19.1. The van der Waals surface area contributed by atoms with Gasteiger partial charge in [-0.05, 0) is 30.2 Å². The molecule has 172 valence electrons. The molecular weight excluding hydrogens is 406 g/mol. The molecule has 0 unspecified atom stereocenters. The number of phenolic OH excluding ortho intramolecular Hbond substituents is 1. The standard InChI is InChI=1S/C24H33N5O3/c1-2-25-24(27-12-11-26-23(31)21-9-5-6-10-22(21)30)28-17-19-7-3-4-8-20(19)18-29-13-15-32-16-14-29/h3-10,30H,2,11-18H2,1H3,(H,26,31)(H2,25,27,28). The number of nitrogens with one attached hydrogen (secondary N) is 3. The van der Waals surface area contributed by atoms with Gasteiger partial charge in [-0.2, -0.15) is 0 Å². The van der Waals surface area contributed by atoms with Crippen molar-refractivity contribution >= 4 is 11.9 Å². The number of morpholine rings is 1. The lowest BCUT2D eigenvalue weighted by molar-refractivity contribution is 0.0341. The van der Waals surface area contributed by atoms with E-state index in [-0.39, 0.29) is 17.2 Å². The fourth-order valence-electron chi connectivity index (χ4n) is 3.49. The summed E-state index contributed by atoms with van der Waals surface area (Å²) in [7, 11) is 0. The van der Waals surface area contributed by atoms with Gasteiger partial charge in [0, 0.05) is 39.3 Å². The smallest absolute Gasteiger partial charge is 0.255 e. The third-order valence-corrected chi connectivity index (χ3v) is 5.22. The number of aliphatic imine (C=N–C) groups is 1. The first-order valence-corrected chi connectivity index (χ1v) is 11.1. The lowest BCUT2D eigenvalue weighted by Crippen LogP contribution is -2.41. The van der Waals surface area contributed by atoms with Crippen molar-refractivity contribution in [3.05, 3.63) is 65.2 Å². The van der Waals surface area contributed by atoms with E-state index in [2.05, 4.69) is 39.0 Å². The Kier molecular flexibility index (Phi) is 9.34. The minimum atomic E-state index is -0.302. The minimum absolute atomic E-state index is 0.0244. The molecule has 0 aromatic heterocycles. The Balaban J connectivity index is 1.51. The third kappa shape index (κ3) is 7.25. The Hall–Kier alpha value is -3.10. The quantitative estimate of drug-likeness (QED) is 0.270. The molecule has 4 N–H and O–H groups in total. The molecule has 32 heavy (non-hydrogen) atoms. The van der Waals surface area contributed by atoms with Gasteiger partial charge in [-0.3, -0.25) is 9.69 Å². The van der Waals surface area contributed by atoms with Crippen molar-refractivity contribution in [3.8, 4) is 5.75 Å². The highest BCUT2D eigenvalue weighted by Gasteiger charge is 2.13. The topological polar surface area (TPSA) is 98.2 Å². The zero-order valence-corrected chi connectivity index (χ0v) is 18.6. The molecular formula is C24H33N5O3. The number of ether oxygens (including phenoxy) is 1. The highest BCUT2D eigenvalue weighted by Crippen LogP contribution is 2.15. The van der Waals surface area contributed by atoms with E-state index >= 15 is 0 Å². The lowest BCUT2D eigenvalue weighted by atomic mass is 10.1. The Morgan fingerprint density at radius 1 is 1.00 bits per heavy atom. The first-order chi connectivity index (χ1) is 15.7. The zero-order chi connectivity index (χ0) is 22.6. The molecule has 1 heterocycles.